The summed E-state index contributed by atoms with van der Waals surface area (Å²) in [6, 6.07) is 1.03. The van der Waals surface area contributed by atoms with Crippen LogP contribution in [0.1, 0.15) is 13.3 Å². The van der Waals surface area contributed by atoms with Crippen LogP contribution >= 0.6 is 0 Å². The van der Waals surface area contributed by atoms with E-state index >= 15 is 0 Å². The molecule has 0 saturated heterocycles. The SMILES string of the molecule is CCO[SiH](CCCN)OC. The average Bonchev–Trinajstić information content (AvgIpc) is 1.98. The largest absolute Gasteiger partial charge is 0.400 e. The molecule has 62 valence electrons. The molecular formula is C6H17NO2Si. The van der Waals surface area contributed by atoms with Crippen molar-refractivity contribution in [1.29, 1.82) is 0 Å². The Bertz CT molecular complexity index is 72.8. The first-order chi connectivity index (χ1) is 4.85. The fraction of sp³-hybridized carbons (Fsp3) is 1.00. The second-order valence-corrected chi connectivity index (χ2v) is 4.29. The Morgan fingerprint density at radius 1 is 1.50 bits per heavy atom. The van der Waals surface area contributed by atoms with Gasteiger partial charge in [0.05, 0.1) is 0 Å². The van der Waals surface area contributed by atoms with Gasteiger partial charge >= 0.3 is 9.28 Å². The second-order valence-electron chi connectivity index (χ2n) is 2.05. The van der Waals surface area contributed by atoms with Crippen LogP contribution in [-0.4, -0.2) is 29.5 Å². The molecule has 0 aromatic rings. The minimum absolute atomic E-state index is 0.736. The lowest BCUT2D eigenvalue weighted by atomic mass is 10.5. The molecule has 0 fully saturated rings. The number of rotatable bonds is 6. The number of nitrogens with two attached hydrogens (primary N) is 1. The van der Waals surface area contributed by atoms with Crippen molar-refractivity contribution in [3.8, 4) is 0 Å². The molecule has 0 aliphatic heterocycles. The van der Waals surface area contributed by atoms with Crippen molar-refractivity contribution in [2.45, 2.75) is 19.4 Å². The van der Waals surface area contributed by atoms with Gasteiger partial charge in [-0.25, -0.2) is 0 Å². The summed E-state index contributed by atoms with van der Waals surface area (Å²) in [5.74, 6) is 0. The van der Waals surface area contributed by atoms with Crippen LogP contribution in [-0.2, 0) is 8.85 Å². The summed E-state index contributed by atoms with van der Waals surface area (Å²) >= 11 is 0. The van der Waals surface area contributed by atoms with Crippen molar-refractivity contribution >= 4 is 9.28 Å². The number of hydrogen-bond acceptors (Lipinski definition) is 3. The molecule has 4 heteroatoms. The zero-order valence-electron chi connectivity index (χ0n) is 6.80. The molecule has 0 bridgehead atoms. The standard InChI is InChI=1S/C6H17NO2Si/c1-3-9-10(8-2)6-4-5-7/h10H,3-7H2,1-2H3. The van der Waals surface area contributed by atoms with Crippen molar-refractivity contribution in [2.24, 2.45) is 5.73 Å². The third-order valence-corrected chi connectivity index (χ3v) is 3.37. The van der Waals surface area contributed by atoms with Crippen LogP contribution in [0.5, 0.6) is 0 Å². The lowest BCUT2D eigenvalue weighted by Crippen LogP contribution is -2.21. The van der Waals surface area contributed by atoms with Gasteiger partial charge < -0.3 is 14.6 Å². The summed E-state index contributed by atoms with van der Waals surface area (Å²) in [6.45, 7) is 3.48. The Hall–Kier alpha value is 0.0969. The van der Waals surface area contributed by atoms with E-state index in [2.05, 4.69) is 0 Å². The Morgan fingerprint density at radius 2 is 2.20 bits per heavy atom. The molecule has 0 aliphatic carbocycles. The Labute approximate surface area is 64.4 Å². The molecule has 10 heavy (non-hydrogen) atoms. The molecule has 0 saturated carbocycles. The van der Waals surface area contributed by atoms with Crippen LogP contribution in [0.2, 0.25) is 6.04 Å². The third kappa shape index (κ3) is 4.93. The fourth-order valence-corrected chi connectivity index (χ4v) is 2.22. The molecule has 1 unspecified atom stereocenters. The Kier molecular flexibility index (Phi) is 7.28. The molecule has 0 radical (unpaired) electrons. The van der Waals surface area contributed by atoms with Gasteiger partial charge in [0.2, 0.25) is 0 Å². The number of hydrogen-bond donors (Lipinski definition) is 1. The van der Waals surface area contributed by atoms with Crippen molar-refractivity contribution < 1.29 is 8.85 Å². The van der Waals surface area contributed by atoms with Gasteiger partial charge in [0.25, 0.3) is 0 Å². The molecule has 2 N–H and O–H groups in total. The van der Waals surface area contributed by atoms with E-state index in [4.69, 9.17) is 14.6 Å². The third-order valence-electron chi connectivity index (χ3n) is 1.26. The highest BCUT2D eigenvalue weighted by Crippen LogP contribution is 1.98. The zero-order valence-corrected chi connectivity index (χ0v) is 7.95. The molecule has 0 aromatic heterocycles. The molecule has 3 nitrogen and oxygen atoms in total. The van der Waals surface area contributed by atoms with Crippen molar-refractivity contribution in [2.75, 3.05) is 20.3 Å². The molecule has 0 rings (SSSR count). The van der Waals surface area contributed by atoms with Crippen LogP contribution in [0.4, 0.5) is 0 Å². The van der Waals surface area contributed by atoms with E-state index in [0.717, 1.165) is 25.6 Å². The van der Waals surface area contributed by atoms with Crippen molar-refractivity contribution in [1.82, 2.24) is 0 Å². The van der Waals surface area contributed by atoms with Crippen LogP contribution in [0.3, 0.4) is 0 Å². The highest BCUT2D eigenvalue weighted by molar-refractivity contribution is 6.44. The van der Waals surface area contributed by atoms with Gasteiger partial charge in [0, 0.05) is 13.7 Å². The lowest BCUT2D eigenvalue weighted by Gasteiger charge is -2.11. The topological polar surface area (TPSA) is 44.5 Å². The van der Waals surface area contributed by atoms with Crippen LogP contribution in [0.15, 0.2) is 0 Å². The monoisotopic (exact) mass is 163 g/mol. The fourth-order valence-electron chi connectivity index (χ4n) is 0.740. The summed E-state index contributed by atoms with van der Waals surface area (Å²) in [6.07, 6.45) is 1.02. The molecule has 0 heterocycles. The summed E-state index contributed by atoms with van der Waals surface area (Å²) in [5.41, 5.74) is 5.34. The van der Waals surface area contributed by atoms with Gasteiger partial charge in [-0.15, -0.1) is 0 Å². The van der Waals surface area contributed by atoms with Gasteiger partial charge in [-0.3, -0.25) is 0 Å². The first-order valence-electron chi connectivity index (χ1n) is 3.69. The van der Waals surface area contributed by atoms with Gasteiger partial charge in [0.1, 0.15) is 0 Å². The molecule has 0 aliphatic rings. The summed E-state index contributed by atoms with van der Waals surface area (Å²) < 4.78 is 10.5. The minimum Gasteiger partial charge on any atom is -0.400 e. The lowest BCUT2D eigenvalue weighted by molar-refractivity contribution is 0.240. The highest BCUT2D eigenvalue weighted by atomic mass is 28.3. The van der Waals surface area contributed by atoms with E-state index in [0.29, 0.717) is 0 Å². The van der Waals surface area contributed by atoms with Gasteiger partial charge in [-0.05, 0) is 25.9 Å². The first-order valence-corrected chi connectivity index (χ1v) is 5.45. The normalized spacial score (nSPS) is 13.5. The average molecular weight is 163 g/mol. The Morgan fingerprint density at radius 3 is 2.60 bits per heavy atom. The van der Waals surface area contributed by atoms with Crippen molar-refractivity contribution in [3.63, 3.8) is 0 Å². The van der Waals surface area contributed by atoms with Gasteiger partial charge in [-0.2, -0.15) is 0 Å². The molecule has 0 aromatic carbocycles. The molecular weight excluding hydrogens is 146 g/mol. The second kappa shape index (κ2) is 7.21. The quantitative estimate of drug-likeness (QED) is 0.570. The predicted molar refractivity (Wildman–Crippen MR) is 44.3 cm³/mol. The van der Waals surface area contributed by atoms with E-state index in [1.807, 2.05) is 6.92 Å². The summed E-state index contributed by atoms with van der Waals surface area (Å²) in [4.78, 5) is 0. The highest BCUT2D eigenvalue weighted by Gasteiger charge is 2.08. The van der Waals surface area contributed by atoms with Crippen molar-refractivity contribution in [3.05, 3.63) is 0 Å². The van der Waals surface area contributed by atoms with Crippen LogP contribution in [0.25, 0.3) is 0 Å². The smallest absolute Gasteiger partial charge is 0.321 e. The molecule has 0 amide bonds. The first kappa shape index (κ1) is 10.1. The van der Waals surface area contributed by atoms with E-state index in [-0.39, 0.29) is 0 Å². The Balaban J connectivity index is 3.21. The summed E-state index contributed by atoms with van der Waals surface area (Å²) in [5, 5.41) is 0. The maximum Gasteiger partial charge on any atom is 0.321 e. The minimum atomic E-state index is -1.31. The predicted octanol–water partition coefficient (Wildman–Crippen LogP) is 0.239. The van der Waals surface area contributed by atoms with Gasteiger partial charge in [0.15, 0.2) is 0 Å². The van der Waals surface area contributed by atoms with E-state index in [1.54, 1.807) is 7.11 Å². The van der Waals surface area contributed by atoms with E-state index in [1.165, 1.54) is 0 Å². The van der Waals surface area contributed by atoms with E-state index < -0.39 is 9.28 Å². The maximum absolute atomic E-state index is 5.35. The maximum atomic E-state index is 5.35. The zero-order chi connectivity index (χ0) is 7.82. The van der Waals surface area contributed by atoms with Gasteiger partial charge in [-0.1, -0.05) is 0 Å². The van der Waals surface area contributed by atoms with Crippen LogP contribution < -0.4 is 5.73 Å². The molecule has 1 atom stereocenters. The van der Waals surface area contributed by atoms with E-state index in [9.17, 15) is 0 Å². The summed E-state index contributed by atoms with van der Waals surface area (Å²) in [7, 11) is 0.401. The molecule has 0 spiro atoms. The van der Waals surface area contributed by atoms with Crippen LogP contribution in [0, 0.1) is 0 Å².